The van der Waals surface area contributed by atoms with Gasteiger partial charge in [0, 0.05) is 35.6 Å². The lowest BCUT2D eigenvalue weighted by molar-refractivity contribution is -0.120. The predicted octanol–water partition coefficient (Wildman–Crippen LogP) is 4.89. The largest absolute Gasteiger partial charge is 0.436 e. The molecule has 148 valence electrons. The van der Waals surface area contributed by atoms with Crippen molar-refractivity contribution in [2.45, 2.75) is 12.8 Å². The number of ether oxygens (including phenoxy) is 1. The minimum atomic E-state index is -0.126. The molecule has 2 aromatic carbocycles. The number of rotatable bonds is 5. The fourth-order valence-electron chi connectivity index (χ4n) is 3.37. The first-order chi connectivity index (χ1) is 14.2. The van der Waals surface area contributed by atoms with Gasteiger partial charge in [-0.15, -0.1) is 0 Å². The van der Waals surface area contributed by atoms with Crippen molar-refractivity contribution in [1.82, 2.24) is 9.97 Å². The molecule has 3 aromatic rings. The maximum atomic E-state index is 12.8. The summed E-state index contributed by atoms with van der Waals surface area (Å²) in [5, 5.41) is 3.01. The Balaban J connectivity index is 1.47. The molecule has 4 rings (SSSR count). The molecule has 2 heterocycles. The number of piperidine rings is 1. The van der Waals surface area contributed by atoms with Gasteiger partial charge in [0.2, 0.25) is 5.91 Å². The third kappa shape index (κ3) is 4.92. The first-order valence-electron chi connectivity index (χ1n) is 9.54. The Morgan fingerprint density at radius 3 is 2.62 bits per heavy atom. The average Bonchev–Trinajstić information content (AvgIpc) is 2.76. The van der Waals surface area contributed by atoms with Crippen LogP contribution in [0.1, 0.15) is 12.8 Å². The van der Waals surface area contributed by atoms with Gasteiger partial charge in [0.05, 0.1) is 5.92 Å². The van der Waals surface area contributed by atoms with Gasteiger partial charge in [0.1, 0.15) is 5.75 Å². The molecule has 0 radical (unpaired) electrons. The number of halogens is 1. The van der Waals surface area contributed by atoms with Crippen molar-refractivity contribution in [1.29, 1.82) is 0 Å². The lowest BCUT2D eigenvalue weighted by Gasteiger charge is -2.33. The molecular weight excluding hydrogens is 432 g/mol. The normalized spacial score (nSPS) is 16.3. The molecule has 1 aliphatic heterocycles. The predicted molar refractivity (Wildman–Crippen MR) is 116 cm³/mol. The van der Waals surface area contributed by atoms with E-state index in [9.17, 15) is 4.79 Å². The number of anilines is 2. The van der Waals surface area contributed by atoms with Crippen LogP contribution in [0.4, 0.5) is 11.5 Å². The molecule has 0 bridgehead atoms. The minimum Gasteiger partial charge on any atom is -0.436 e. The van der Waals surface area contributed by atoms with E-state index in [1.807, 2.05) is 54.6 Å². The van der Waals surface area contributed by atoms with E-state index in [0.717, 1.165) is 29.5 Å². The second-order valence-corrected chi connectivity index (χ2v) is 7.80. The second kappa shape index (κ2) is 9.05. The summed E-state index contributed by atoms with van der Waals surface area (Å²) in [7, 11) is 0. The number of hydrogen-bond donors (Lipinski definition) is 1. The average molecular weight is 453 g/mol. The Bertz CT molecular complexity index is 966. The molecule has 29 heavy (non-hydrogen) atoms. The van der Waals surface area contributed by atoms with E-state index in [1.54, 1.807) is 12.4 Å². The van der Waals surface area contributed by atoms with Crippen LogP contribution in [0.2, 0.25) is 0 Å². The molecule has 7 heteroatoms. The highest BCUT2D eigenvalue weighted by atomic mass is 79.9. The number of para-hydroxylation sites is 1. The molecule has 1 saturated heterocycles. The van der Waals surface area contributed by atoms with Crippen molar-refractivity contribution < 1.29 is 9.53 Å². The van der Waals surface area contributed by atoms with Crippen LogP contribution in [0.15, 0.2) is 71.5 Å². The molecule has 0 spiro atoms. The van der Waals surface area contributed by atoms with Crippen molar-refractivity contribution in [3.63, 3.8) is 0 Å². The molecule has 1 amide bonds. The maximum Gasteiger partial charge on any atom is 0.263 e. The number of carbonyl (C=O) groups excluding carboxylic acids is 1. The highest BCUT2D eigenvalue weighted by Gasteiger charge is 2.28. The SMILES string of the molecule is O=C(Nc1ccc(Br)cc1)[C@@H]1CCCN(c2nccnc2Oc2ccccc2)C1. The zero-order valence-corrected chi connectivity index (χ0v) is 17.4. The fraction of sp³-hybridized carbons (Fsp3) is 0.227. The number of hydrogen-bond acceptors (Lipinski definition) is 5. The van der Waals surface area contributed by atoms with E-state index in [0.29, 0.717) is 24.0 Å². The van der Waals surface area contributed by atoms with Gasteiger partial charge in [-0.3, -0.25) is 4.79 Å². The smallest absolute Gasteiger partial charge is 0.263 e. The van der Waals surface area contributed by atoms with E-state index in [1.165, 1.54) is 0 Å². The minimum absolute atomic E-state index is 0.0199. The highest BCUT2D eigenvalue weighted by molar-refractivity contribution is 9.10. The van der Waals surface area contributed by atoms with Crippen LogP contribution < -0.4 is 15.0 Å². The molecule has 0 aliphatic carbocycles. The zero-order valence-electron chi connectivity index (χ0n) is 15.8. The second-order valence-electron chi connectivity index (χ2n) is 6.88. The van der Waals surface area contributed by atoms with Gasteiger partial charge in [0.25, 0.3) is 5.88 Å². The maximum absolute atomic E-state index is 12.8. The van der Waals surface area contributed by atoms with Crippen LogP contribution in [-0.4, -0.2) is 29.0 Å². The van der Waals surface area contributed by atoms with Gasteiger partial charge in [-0.05, 0) is 49.2 Å². The summed E-state index contributed by atoms with van der Waals surface area (Å²) in [6.45, 7) is 1.39. The number of amides is 1. The lowest BCUT2D eigenvalue weighted by Crippen LogP contribution is -2.41. The number of carbonyl (C=O) groups is 1. The first-order valence-corrected chi connectivity index (χ1v) is 10.3. The monoisotopic (exact) mass is 452 g/mol. The van der Waals surface area contributed by atoms with Crippen LogP contribution in [0.5, 0.6) is 11.6 Å². The molecule has 1 aliphatic rings. The quantitative estimate of drug-likeness (QED) is 0.596. The summed E-state index contributed by atoms with van der Waals surface area (Å²) in [6, 6.07) is 17.1. The van der Waals surface area contributed by atoms with E-state index in [4.69, 9.17) is 4.74 Å². The highest BCUT2D eigenvalue weighted by Crippen LogP contribution is 2.31. The van der Waals surface area contributed by atoms with Crippen LogP contribution in [0, 0.1) is 5.92 Å². The standard InChI is InChI=1S/C22H21BrN4O2/c23-17-8-10-18(11-9-17)26-21(28)16-5-4-14-27(15-16)20-22(25-13-12-24-20)29-19-6-2-1-3-7-19/h1-3,6-13,16H,4-5,14-15H2,(H,26,28)/t16-/m1/s1. The summed E-state index contributed by atoms with van der Waals surface area (Å²) >= 11 is 3.41. The molecule has 0 unspecified atom stereocenters. The van der Waals surface area contributed by atoms with Crippen molar-refractivity contribution in [2.24, 2.45) is 5.92 Å². The molecule has 1 atom stereocenters. The topological polar surface area (TPSA) is 67.4 Å². The third-order valence-electron chi connectivity index (χ3n) is 4.81. The van der Waals surface area contributed by atoms with Gasteiger partial charge in [-0.2, -0.15) is 0 Å². The number of nitrogens with one attached hydrogen (secondary N) is 1. The van der Waals surface area contributed by atoms with E-state index >= 15 is 0 Å². The fourth-order valence-corrected chi connectivity index (χ4v) is 3.63. The van der Waals surface area contributed by atoms with Crippen molar-refractivity contribution >= 4 is 33.3 Å². The molecule has 1 aromatic heterocycles. The van der Waals surface area contributed by atoms with Gasteiger partial charge < -0.3 is 15.0 Å². The molecule has 1 N–H and O–H groups in total. The Morgan fingerprint density at radius 2 is 1.83 bits per heavy atom. The van der Waals surface area contributed by atoms with E-state index in [-0.39, 0.29) is 11.8 Å². The number of aromatic nitrogens is 2. The van der Waals surface area contributed by atoms with Gasteiger partial charge in [-0.25, -0.2) is 9.97 Å². The Hall–Kier alpha value is -2.93. The van der Waals surface area contributed by atoms with Crippen LogP contribution >= 0.6 is 15.9 Å². The summed E-state index contributed by atoms with van der Waals surface area (Å²) < 4.78 is 6.92. The Morgan fingerprint density at radius 1 is 1.07 bits per heavy atom. The molecule has 0 saturated carbocycles. The lowest BCUT2D eigenvalue weighted by atomic mass is 9.97. The van der Waals surface area contributed by atoms with Gasteiger partial charge in [-0.1, -0.05) is 34.1 Å². The van der Waals surface area contributed by atoms with Gasteiger partial charge >= 0.3 is 0 Å². The van der Waals surface area contributed by atoms with Gasteiger partial charge in [0.15, 0.2) is 5.82 Å². The Labute approximate surface area is 178 Å². The summed E-state index contributed by atoms with van der Waals surface area (Å²) in [5.74, 6) is 1.71. The van der Waals surface area contributed by atoms with E-state index < -0.39 is 0 Å². The number of benzene rings is 2. The van der Waals surface area contributed by atoms with Crippen LogP contribution in [-0.2, 0) is 4.79 Å². The molecule has 1 fully saturated rings. The summed E-state index contributed by atoms with van der Waals surface area (Å²) in [5.41, 5.74) is 0.794. The Kier molecular flexibility index (Phi) is 6.05. The van der Waals surface area contributed by atoms with Crippen molar-refractivity contribution in [2.75, 3.05) is 23.3 Å². The van der Waals surface area contributed by atoms with E-state index in [2.05, 4.69) is 36.1 Å². The molecular formula is C22H21BrN4O2. The number of nitrogens with zero attached hydrogens (tertiary/aromatic N) is 3. The van der Waals surface area contributed by atoms with Crippen molar-refractivity contribution in [3.8, 4) is 11.6 Å². The molecule has 6 nitrogen and oxygen atoms in total. The summed E-state index contributed by atoms with van der Waals surface area (Å²) in [4.78, 5) is 23.7. The first kappa shape index (κ1) is 19.4. The van der Waals surface area contributed by atoms with Crippen molar-refractivity contribution in [3.05, 3.63) is 71.5 Å². The summed E-state index contributed by atoms with van der Waals surface area (Å²) in [6.07, 6.45) is 5.01. The van der Waals surface area contributed by atoms with Crippen LogP contribution in [0.3, 0.4) is 0 Å². The van der Waals surface area contributed by atoms with Crippen LogP contribution in [0.25, 0.3) is 0 Å². The zero-order chi connectivity index (χ0) is 20.1. The third-order valence-corrected chi connectivity index (χ3v) is 5.34.